The molecule has 13 nitrogen and oxygen atoms in total. The monoisotopic (exact) mass is 782 g/mol. The topological polar surface area (TPSA) is 200 Å². The van der Waals surface area contributed by atoms with E-state index in [2.05, 4.69) is 26.3 Å². The number of aryl methyl sites for hydroxylation is 1. The molecule has 9 N–H and O–H groups in total. The molecule has 1 aliphatic rings. The van der Waals surface area contributed by atoms with Crippen LogP contribution in [0.4, 0.5) is 21.0 Å². The number of methoxy groups -OCH3 is 1. The number of halogens is 1. The van der Waals surface area contributed by atoms with Crippen LogP contribution in [0.1, 0.15) is 54.9 Å². The molecule has 1 heterocycles. The van der Waals surface area contributed by atoms with Crippen molar-refractivity contribution < 1.29 is 29.3 Å². The number of hydrogen-bond acceptors (Lipinski definition) is 9. The second kappa shape index (κ2) is 18.8. The van der Waals surface area contributed by atoms with Crippen molar-refractivity contribution in [1.82, 2.24) is 15.6 Å². The zero-order chi connectivity index (χ0) is 39.6. The van der Waals surface area contributed by atoms with Gasteiger partial charge >= 0.3 is 12.1 Å². The third kappa shape index (κ3) is 10.4. The zero-order valence-electron chi connectivity index (χ0n) is 31.1. The quantitative estimate of drug-likeness (QED) is 0.0549. The molecular weight excluding hydrogens is 736 g/mol. The number of nitrogens with one attached hydrogen (secondary N) is 5. The Morgan fingerprint density at radius 1 is 0.964 bits per heavy atom. The SMILES string of the molecule is COc1cc(NC(=O)NCCCc2ccc(-c3ccccc3)c(NC(=O)OC3CCC(N)CC3)c2)c(Cl)cc1CNC[C@@H](O)c1ccc(O)c2[nH]c(=O)ccc12. The van der Waals surface area contributed by atoms with E-state index in [0.29, 0.717) is 64.6 Å². The minimum absolute atomic E-state index is 0.0852. The van der Waals surface area contributed by atoms with Gasteiger partial charge in [-0.1, -0.05) is 60.1 Å². The molecule has 5 aromatic rings. The maximum Gasteiger partial charge on any atom is 0.411 e. The van der Waals surface area contributed by atoms with Crippen LogP contribution in [0, 0.1) is 0 Å². The molecule has 1 aliphatic carbocycles. The second-order valence-corrected chi connectivity index (χ2v) is 14.3. The van der Waals surface area contributed by atoms with Crippen LogP contribution in [0.2, 0.25) is 5.02 Å². The van der Waals surface area contributed by atoms with E-state index >= 15 is 0 Å². The van der Waals surface area contributed by atoms with Gasteiger partial charge in [0, 0.05) is 54.3 Å². The first-order valence-electron chi connectivity index (χ1n) is 18.6. The Hall–Kier alpha value is -5.60. The molecule has 56 heavy (non-hydrogen) atoms. The molecule has 1 saturated carbocycles. The van der Waals surface area contributed by atoms with Crippen molar-refractivity contribution in [1.29, 1.82) is 0 Å². The number of rotatable bonds is 14. The Labute approximate surface area is 329 Å². The summed E-state index contributed by atoms with van der Waals surface area (Å²) in [5.74, 6) is 0.396. The number of aliphatic hydroxyl groups excluding tert-OH is 1. The first-order chi connectivity index (χ1) is 27.1. The summed E-state index contributed by atoms with van der Waals surface area (Å²) in [5.41, 5.74) is 11.0. The molecule has 0 aliphatic heterocycles. The van der Waals surface area contributed by atoms with E-state index in [1.54, 1.807) is 24.3 Å². The summed E-state index contributed by atoms with van der Waals surface area (Å²) in [7, 11) is 1.51. The summed E-state index contributed by atoms with van der Waals surface area (Å²) in [6.45, 7) is 0.826. The molecule has 4 aromatic carbocycles. The number of aromatic hydroxyl groups is 1. The van der Waals surface area contributed by atoms with Gasteiger partial charge in [0.2, 0.25) is 5.56 Å². The number of urea groups is 1. The van der Waals surface area contributed by atoms with Gasteiger partial charge in [-0.25, -0.2) is 9.59 Å². The molecule has 294 valence electrons. The number of aliphatic hydroxyl groups is 1. The normalized spacial score (nSPS) is 15.9. The minimum Gasteiger partial charge on any atom is -0.506 e. The van der Waals surface area contributed by atoms with E-state index < -0.39 is 18.2 Å². The number of pyridine rings is 1. The lowest BCUT2D eigenvalue weighted by molar-refractivity contribution is 0.0826. The third-order valence-corrected chi connectivity index (χ3v) is 10.2. The number of benzene rings is 4. The van der Waals surface area contributed by atoms with Crippen molar-refractivity contribution in [2.45, 2.75) is 63.3 Å². The van der Waals surface area contributed by atoms with E-state index in [4.69, 9.17) is 26.8 Å². The fraction of sp³-hybridized carbons (Fsp3) is 0.310. The molecule has 14 heteroatoms. The number of aromatic amines is 1. The molecular formula is C42H47ClN6O7. The van der Waals surface area contributed by atoms with E-state index in [1.807, 2.05) is 48.5 Å². The molecule has 0 spiro atoms. The highest BCUT2D eigenvalue weighted by Crippen LogP contribution is 2.33. The maximum absolute atomic E-state index is 12.9. The summed E-state index contributed by atoms with van der Waals surface area (Å²) < 4.78 is 11.3. The van der Waals surface area contributed by atoms with Gasteiger partial charge in [0.05, 0.1) is 35.1 Å². The maximum atomic E-state index is 12.9. The lowest BCUT2D eigenvalue weighted by atomic mass is 9.94. The molecule has 1 atom stereocenters. The van der Waals surface area contributed by atoms with E-state index in [-0.39, 0.29) is 35.5 Å². The summed E-state index contributed by atoms with van der Waals surface area (Å²) in [6.07, 6.45) is 2.87. The third-order valence-electron chi connectivity index (χ3n) is 9.86. The predicted molar refractivity (Wildman–Crippen MR) is 218 cm³/mol. The number of carbonyl (C=O) groups excluding carboxylic acids is 2. The lowest BCUT2D eigenvalue weighted by Crippen LogP contribution is -2.32. The van der Waals surface area contributed by atoms with Crippen molar-refractivity contribution in [2.24, 2.45) is 5.73 Å². The van der Waals surface area contributed by atoms with Crippen molar-refractivity contribution in [3.05, 3.63) is 117 Å². The summed E-state index contributed by atoms with van der Waals surface area (Å²) in [5, 5.41) is 33.7. The number of nitrogens with two attached hydrogens (primary N) is 1. The van der Waals surface area contributed by atoms with Gasteiger partial charge in [0.15, 0.2) is 0 Å². The minimum atomic E-state index is -0.946. The van der Waals surface area contributed by atoms with Crippen molar-refractivity contribution in [3.63, 3.8) is 0 Å². The standard InChI is InChI=1S/C42H47ClN6O7/c1-55-38-22-35(33(43)21-27(38)23-45-24-37(51)31-15-17-36(50)40-32(31)16-18-39(52)49-40)47-41(53)46-19-5-6-25-9-14-30(26-7-3-2-4-8-26)34(20-25)48-42(54)56-29-12-10-28(44)11-13-29/h2-4,7-9,14-18,20-22,28-29,37,45,50-51H,5-6,10-13,19,23-24,44H2,1H3,(H,48,54)(H,49,52)(H2,46,47,53)/t28?,29?,37-/m1/s1. The number of anilines is 2. The van der Waals surface area contributed by atoms with Gasteiger partial charge in [-0.05, 0) is 79.5 Å². The number of H-pyrrole nitrogens is 1. The summed E-state index contributed by atoms with van der Waals surface area (Å²) in [6, 6.07) is 24.8. The van der Waals surface area contributed by atoms with Crippen LogP contribution in [0.3, 0.4) is 0 Å². The lowest BCUT2D eigenvalue weighted by Gasteiger charge is -2.26. The Balaban J connectivity index is 1.00. The van der Waals surface area contributed by atoms with Crippen LogP contribution in [-0.2, 0) is 17.7 Å². The van der Waals surface area contributed by atoms with Gasteiger partial charge < -0.3 is 46.4 Å². The highest BCUT2D eigenvalue weighted by Gasteiger charge is 2.23. The second-order valence-electron chi connectivity index (χ2n) is 13.9. The van der Waals surface area contributed by atoms with Crippen LogP contribution in [0.5, 0.6) is 11.5 Å². The number of phenolic OH excluding ortho intramolecular Hbond substituents is 1. The molecule has 0 saturated heterocycles. The molecule has 0 bridgehead atoms. The number of carbonyl (C=O) groups is 2. The fourth-order valence-electron chi connectivity index (χ4n) is 6.90. The highest BCUT2D eigenvalue weighted by atomic mass is 35.5. The number of ether oxygens (including phenoxy) is 2. The molecule has 6 rings (SSSR count). The molecule has 3 amide bonds. The predicted octanol–water partition coefficient (Wildman–Crippen LogP) is 6.96. The van der Waals surface area contributed by atoms with Crippen molar-refractivity contribution in [2.75, 3.05) is 30.8 Å². The molecule has 0 unspecified atom stereocenters. The van der Waals surface area contributed by atoms with Crippen LogP contribution in [-0.4, -0.2) is 59.7 Å². The van der Waals surface area contributed by atoms with Crippen LogP contribution in [0.15, 0.2) is 89.7 Å². The Kier molecular flexibility index (Phi) is 13.5. The van der Waals surface area contributed by atoms with Crippen LogP contribution in [0.25, 0.3) is 22.0 Å². The number of aromatic nitrogens is 1. The Morgan fingerprint density at radius 2 is 1.75 bits per heavy atom. The van der Waals surface area contributed by atoms with E-state index in [1.165, 1.54) is 19.2 Å². The van der Waals surface area contributed by atoms with Gasteiger partial charge in [-0.15, -0.1) is 0 Å². The van der Waals surface area contributed by atoms with Crippen molar-refractivity contribution >= 4 is 46.0 Å². The fourth-order valence-corrected chi connectivity index (χ4v) is 7.13. The van der Waals surface area contributed by atoms with E-state index in [9.17, 15) is 24.6 Å². The van der Waals surface area contributed by atoms with Crippen LogP contribution < -0.4 is 37.3 Å². The number of hydrogen-bond donors (Lipinski definition) is 8. The summed E-state index contributed by atoms with van der Waals surface area (Å²) in [4.78, 5) is 40.1. The smallest absolute Gasteiger partial charge is 0.411 e. The van der Waals surface area contributed by atoms with E-state index in [0.717, 1.165) is 42.4 Å². The average Bonchev–Trinajstić information content (AvgIpc) is 3.19. The first kappa shape index (κ1) is 40.1. The van der Waals surface area contributed by atoms with Crippen molar-refractivity contribution in [3.8, 4) is 22.6 Å². The zero-order valence-corrected chi connectivity index (χ0v) is 31.8. The van der Waals surface area contributed by atoms with Gasteiger partial charge in [0.1, 0.15) is 17.6 Å². The van der Waals surface area contributed by atoms with Gasteiger partial charge in [-0.2, -0.15) is 0 Å². The molecule has 1 fully saturated rings. The van der Waals surface area contributed by atoms with Gasteiger partial charge in [-0.3, -0.25) is 10.1 Å². The summed E-state index contributed by atoms with van der Waals surface area (Å²) >= 11 is 6.57. The number of fused-ring (bicyclic) bond motifs is 1. The number of phenols is 1. The largest absolute Gasteiger partial charge is 0.506 e. The Morgan fingerprint density at radius 3 is 2.52 bits per heavy atom. The average molecular weight is 783 g/mol. The number of amides is 3. The Bertz CT molecular complexity index is 2210. The highest BCUT2D eigenvalue weighted by molar-refractivity contribution is 6.33. The van der Waals surface area contributed by atoms with Gasteiger partial charge in [0.25, 0.3) is 0 Å². The van der Waals surface area contributed by atoms with Crippen LogP contribution >= 0.6 is 11.6 Å². The molecule has 0 radical (unpaired) electrons. The molecule has 1 aromatic heterocycles. The first-order valence-corrected chi connectivity index (χ1v) is 19.0.